The van der Waals surface area contributed by atoms with Crippen LogP contribution in [-0.4, -0.2) is 16.0 Å². The van der Waals surface area contributed by atoms with Gasteiger partial charge in [0.25, 0.3) is 5.91 Å². The van der Waals surface area contributed by atoms with E-state index >= 15 is 0 Å². The van der Waals surface area contributed by atoms with Gasteiger partial charge in [0.15, 0.2) is 0 Å². The lowest BCUT2D eigenvalue weighted by Crippen LogP contribution is -2.14. The normalized spacial score (nSPS) is 11.5. The number of para-hydroxylation sites is 1. The van der Waals surface area contributed by atoms with E-state index in [9.17, 15) is 22.4 Å². The van der Waals surface area contributed by atoms with Crippen LogP contribution in [0.15, 0.2) is 77.3 Å². The van der Waals surface area contributed by atoms with Crippen LogP contribution in [-0.2, 0) is 6.18 Å². The van der Waals surface area contributed by atoms with Crippen LogP contribution in [0.4, 0.5) is 34.6 Å². The average molecular weight is 541 g/mol. The second kappa shape index (κ2) is 9.79. The first-order valence-electron chi connectivity index (χ1n) is 11.2. The molecule has 11 heteroatoms. The van der Waals surface area contributed by atoms with E-state index in [0.717, 1.165) is 6.07 Å². The molecule has 5 aromatic rings. The Bertz CT molecular complexity index is 1660. The Balaban J connectivity index is 1.46. The van der Waals surface area contributed by atoms with Crippen LogP contribution in [0.3, 0.4) is 0 Å². The molecular formula is C27H17ClF4N4O2. The first-order valence-corrected chi connectivity index (χ1v) is 11.6. The average Bonchev–Trinajstić information content (AvgIpc) is 3.24. The molecule has 2 aromatic heterocycles. The van der Waals surface area contributed by atoms with Gasteiger partial charge < -0.3 is 15.2 Å². The van der Waals surface area contributed by atoms with E-state index in [4.69, 9.17) is 16.1 Å². The van der Waals surface area contributed by atoms with Gasteiger partial charge in [-0.15, -0.1) is 0 Å². The molecule has 0 aliphatic rings. The van der Waals surface area contributed by atoms with Crippen LogP contribution in [0.25, 0.3) is 22.2 Å². The third kappa shape index (κ3) is 4.90. The maximum absolute atomic E-state index is 14.5. The largest absolute Gasteiger partial charge is 0.433 e. The number of nitrogens with zero attached hydrogens (tertiary/aromatic N) is 2. The summed E-state index contributed by atoms with van der Waals surface area (Å²) in [5.41, 5.74) is -0.0748. The van der Waals surface area contributed by atoms with E-state index in [0.29, 0.717) is 16.8 Å². The van der Waals surface area contributed by atoms with Gasteiger partial charge >= 0.3 is 6.18 Å². The molecule has 0 fully saturated rings. The zero-order chi connectivity index (χ0) is 27.0. The van der Waals surface area contributed by atoms with Crippen LogP contribution in [0, 0.1) is 12.7 Å². The van der Waals surface area contributed by atoms with E-state index in [-0.39, 0.29) is 38.8 Å². The summed E-state index contributed by atoms with van der Waals surface area (Å²) in [4.78, 5) is 16.9. The second-order valence-electron chi connectivity index (χ2n) is 8.29. The zero-order valence-electron chi connectivity index (χ0n) is 19.5. The minimum Gasteiger partial charge on any atom is -0.360 e. The minimum atomic E-state index is -4.63. The van der Waals surface area contributed by atoms with Gasteiger partial charge in [-0.05, 0) is 49.4 Å². The first-order chi connectivity index (χ1) is 18.1. The van der Waals surface area contributed by atoms with Crippen molar-refractivity contribution in [2.45, 2.75) is 13.1 Å². The number of carbonyl (C=O) groups excluding carboxylic acids is 1. The monoisotopic (exact) mass is 540 g/mol. The predicted molar refractivity (Wildman–Crippen MR) is 136 cm³/mol. The van der Waals surface area contributed by atoms with Crippen molar-refractivity contribution >= 4 is 45.5 Å². The number of rotatable bonds is 5. The van der Waals surface area contributed by atoms with Crippen LogP contribution in [0.1, 0.15) is 21.8 Å². The van der Waals surface area contributed by atoms with Gasteiger partial charge in [0.1, 0.15) is 28.5 Å². The number of hydrogen-bond acceptors (Lipinski definition) is 5. The van der Waals surface area contributed by atoms with Crippen LogP contribution < -0.4 is 10.6 Å². The summed E-state index contributed by atoms with van der Waals surface area (Å²) in [7, 11) is 0. The molecule has 38 heavy (non-hydrogen) atoms. The number of fused-ring (bicyclic) bond motifs is 1. The number of aryl methyl sites for hydroxylation is 1. The molecule has 5 rings (SSSR count). The fourth-order valence-corrected chi connectivity index (χ4v) is 4.23. The van der Waals surface area contributed by atoms with E-state index < -0.39 is 23.6 Å². The van der Waals surface area contributed by atoms with Crippen molar-refractivity contribution < 1.29 is 26.9 Å². The fourth-order valence-electron chi connectivity index (χ4n) is 3.98. The lowest BCUT2D eigenvalue weighted by molar-refractivity contribution is -0.140. The van der Waals surface area contributed by atoms with Gasteiger partial charge in [-0.25, -0.2) is 9.37 Å². The van der Waals surface area contributed by atoms with Crippen molar-refractivity contribution in [1.82, 2.24) is 10.1 Å². The van der Waals surface area contributed by atoms with Crippen LogP contribution in [0.5, 0.6) is 0 Å². The van der Waals surface area contributed by atoms with Gasteiger partial charge in [0.2, 0.25) is 0 Å². The molecule has 6 nitrogen and oxygen atoms in total. The number of hydrogen-bond donors (Lipinski definition) is 2. The van der Waals surface area contributed by atoms with E-state index in [1.54, 1.807) is 42.5 Å². The molecule has 0 saturated heterocycles. The Labute approximate surface area is 218 Å². The minimum absolute atomic E-state index is 0.00897. The van der Waals surface area contributed by atoms with E-state index in [2.05, 4.69) is 20.8 Å². The second-order valence-corrected chi connectivity index (χ2v) is 8.70. The number of carbonyl (C=O) groups is 1. The lowest BCUT2D eigenvalue weighted by Gasteiger charge is -2.14. The molecule has 0 unspecified atom stereocenters. The number of nitrogens with one attached hydrogen (secondary N) is 2. The number of benzene rings is 3. The third-order valence-electron chi connectivity index (χ3n) is 5.70. The lowest BCUT2D eigenvalue weighted by atomic mass is 10.0. The maximum atomic E-state index is 14.5. The first kappa shape index (κ1) is 25.2. The molecule has 0 aliphatic carbocycles. The SMILES string of the molecule is Cc1onc(-c2c(F)cccc2Cl)c1C(=O)Nc1cccc(Nc2cc(C(F)(F)F)nc3ccccc23)c1. The van der Waals surface area contributed by atoms with Crippen LogP contribution >= 0.6 is 11.6 Å². The van der Waals surface area contributed by atoms with Gasteiger partial charge in [-0.2, -0.15) is 13.2 Å². The fraction of sp³-hybridized carbons (Fsp3) is 0.0741. The maximum Gasteiger partial charge on any atom is 0.433 e. The summed E-state index contributed by atoms with van der Waals surface area (Å²) in [5.74, 6) is -1.16. The molecule has 0 atom stereocenters. The van der Waals surface area contributed by atoms with Gasteiger partial charge in [-0.1, -0.05) is 47.1 Å². The quantitative estimate of drug-likeness (QED) is 0.221. The highest BCUT2D eigenvalue weighted by Crippen LogP contribution is 2.36. The Hall–Kier alpha value is -4.44. The summed E-state index contributed by atoms with van der Waals surface area (Å²) in [6, 6.07) is 17.8. The van der Waals surface area contributed by atoms with Crippen molar-refractivity contribution in [3.63, 3.8) is 0 Å². The summed E-state index contributed by atoms with van der Waals surface area (Å²) < 4.78 is 60.0. The number of halogens is 5. The van der Waals surface area contributed by atoms with Crippen LogP contribution in [0.2, 0.25) is 5.02 Å². The highest BCUT2D eigenvalue weighted by atomic mass is 35.5. The van der Waals surface area contributed by atoms with Gasteiger partial charge in [-0.3, -0.25) is 4.79 Å². The number of anilines is 3. The van der Waals surface area contributed by atoms with Gasteiger partial charge in [0.05, 0.1) is 21.8 Å². The Morgan fingerprint density at radius 1 is 0.974 bits per heavy atom. The van der Waals surface area contributed by atoms with E-state index in [1.165, 1.54) is 31.2 Å². The Kier molecular flexibility index (Phi) is 6.50. The van der Waals surface area contributed by atoms with Crippen molar-refractivity contribution in [1.29, 1.82) is 0 Å². The third-order valence-corrected chi connectivity index (χ3v) is 6.01. The summed E-state index contributed by atoms with van der Waals surface area (Å²) in [5, 5.41) is 10.1. The number of alkyl halides is 3. The number of amides is 1. The molecule has 3 aromatic carbocycles. The highest BCUT2D eigenvalue weighted by molar-refractivity contribution is 6.33. The Morgan fingerprint density at radius 3 is 2.47 bits per heavy atom. The van der Waals surface area contributed by atoms with Gasteiger partial charge in [0, 0.05) is 16.8 Å². The smallest absolute Gasteiger partial charge is 0.360 e. The Morgan fingerprint density at radius 2 is 1.71 bits per heavy atom. The summed E-state index contributed by atoms with van der Waals surface area (Å²) >= 11 is 6.15. The standard InChI is InChI=1S/C27H17ClF4N4O2/c1-14-23(25(36-38-14)24-18(28)9-5-10-19(24)29)26(37)34-16-7-4-6-15(12-16)33-21-13-22(27(30,31)32)35-20-11-3-2-8-17(20)21/h2-13H,1H3,(H,33,35)(H,34,37). The van der Waals surface area contributed by atoms with E-state index in [1.807, 2.05) is 0 Å². The van der Waals surface area contributed by atoms with Crippen molar-refractivity contribution in [3.8, 4) is 11.3 Å². The predicted octanol–water partition coefficient (Wildman–Crippen LogP) is 8.01. The number of pyridine rings is 1. The molecule has 1 amide bonds. The van der Waals surface area contributed by atoms with Crippen molar-refractivity contribution in [3.05, 3.63) is 101 Å². The molecule has 2 heterocycles. The molecule has 192 valence electrons. The molecule has 0 radical (unpaired) electrons. The molecule has 0 saturated carbocycles. The summed E-state index contributed by atoms with van der Waals surface area (Å²) in [6.45, 7) is 1.50. The highest BCUT2D eigenvalue weighted by Gasteiger charge is 2.33. The topological polar surface area (TPSA) is 80.0 Å². The number of aromatic nitrogens is 2. The zero-order valence-corrected chi connectivity index (χ0v) is 20.3. The van der Waals surface area contributed by atoms with Crippen molar-refractivity contribution in [2.75, 3.05) is 10.6 Å². The molecule has 0 spiro atoms. The molecule has 2 N–H and O–H groups in total. The molecule has 0 bridgehead atoms. The summed E-state index contributed by atoms with van der Waals surface area (Å²) in [6.07, 6.45) is -4.63. The molecular weight excluding hydrogens is 524 g/mol. The molecule has 0 aliphatic heterocycles. The van der Waals surface area contributed by atoms with Crippen molar-refractivity contribution in [2.24, 2.45) is 0 Å².